The van der Waals surface area contributed by atoms with E-state index in [0.717, 1.165) is 17.7 Å². The molecule has 0 fully saturated rings. The zero-order valence-corrected chi connectivity index (χ0v) is 12.3. The van der Waals surface area contributed by atoms with Crippen LogP contribution in [-0.2, 0) is 6.42 Å². The minimum absolute atomic E-state index is 0.0454. The lowest BCUT2D eigenvalue weighted by Gasteiger charge is -2.04. The van der Waals surface area contributed by atoms with Gasteiger partial charge in [-0.1, -0.05) is 17.9 Å². The molecule has 0 aliphatic rings. The summed E-state index contributed by atoms with van der Waals surface area (Å²) in [7, 11) is 0. The number of hydrogen-bond acceptors (Lipinski definition) is 4. The number of benzene rings is 1. The summed E-state index contributed by atoms with van der Waals surface area (Å²) in [5, 5.41) is 13.5. The number of thiazole rings is 1. The van der Waals surface area contributed by atoms with Crippen LogP contribution >= 0.6 is 11.3 Å². The van der Waals surface area contributed by atoms with Crippen molar-refractivity contribution >= 4 is 17.2 Å². The molecule has 0 saturated heterocycles. The second-order valence-electron chi connectivity index (χ2n) is 4.34. The maximum absolute atomic E-state index is 12.0. The molecule has 0 atom stereocenters. The third-order valence-corrected chi connectivity index (χ3v) is 3.38. The molecule has 2 N–H and O–H groups in total. The molecule has 0 bridgehead atoms. The minimum atomic E-state index is -0.115. The first kappa shape index (κ1) is 15.2. The van der Waals surface area contributed by atoms with Crippen LogP contribution in [0.2, 0.25) is 0 Å². The first-order chi connectivity index (χ1) is 10.3. The van der Waals surface area contributed by atoms with Gasteiger partial charge < -0.3 is 10.4 Å². The van der Waals surface area contributed by atoms with Crippen molar-refractivity contribution in [3.05, 3.63) is 52.0 Å². The van der Waals surface area contributed by atoms with E-state index in [1.165, 1.54) is 0 Å². The Hall–Kier alpha value is -2.16. The molecular formula is C16H16N2O2S. The zero-order chi connectivity index (χ0) is 14.9. The molecule has 0 aliphatic heterocycles. The van der Waals surface area contributed by atoms with Crippen molar-refractivity contribution in [2.75, 3.05) is 13.2 Å². The van der Waals surface area contributed by atoms with Crippen molar-refractivity contribution in [3.8, 4) is 11.8 Å². The molecular weight excluding hydrogens is 284 g/mol. The second-order valence-corrected chi connectivity index (χ2v) is 5.06. The van der Waals surface area contributed by atoms with Crippen LogP contribution in [0.5, 0.6) is 0 Å². The zero-order valence-electron chi connectivity index (χ0n) is 11.5. The van der Waals surface area contributed by atoms with Crippen molar-refractivity contribution in [3.63, 3.8) is 0 Å². The van der Waals surface area contributed by atoms with Crippen LogP contribution in [-0.4, -0.2) is 29.1 Å². The molecule has 1 amide bonds. The van der Waals surface area contributed by atoms with Gasteiger partial charge in [0.15, 0.2) is 0 Å². The maximum atomic E-state index is 12.0. The van der Waals surface area contributed by atoms with Gasteiger partial charge in [0.1, 0.15) is 0 Å². The van der Waals surface area contributed by atoms with Crippen LogP contribution in [0.15, 0.2) is 35.2 Å². The van der Waals surface area contributed by atoms with Gasteiger partial charge in [0.25, 0.3) is 5.91 Å². The smallest absolute Gasteiger partial charge is 0.251 e. The van der Waals surface area contributed by atoms with Crippen molar-refractivity contribution in [1.82, 2.24) is 10.3 Å². The standard InChI is InChI=1S/C16H16N2O2S/c19-9-2-1-4-13-5-3-6-14(10-13)16(20)17-8-7-15-11-21-12-18-15/h3,5-6,10-12,19H,2,7-9H2,(H,17,20). The normalized spacial score (nSPS) is 9.76. The molecule has 2 aromatic rings. The molecule has 0 unspecified atom stereocenters. The lowest BCUT2D eigenvalue weighted by Crippen LogP contribution is -2.25. The molecule has 1 aromatic heterocycles. The van der Waals surface area contributed by atoms with E-state index >= 15 is 0 Å². The summed E-state index contributed by atoms with van der Waals surface area (Å²) in [6, 6.07) is 7.16. The van der Waals surface area contributed by atoms with E-state index in [0.29, 0.717) is 18.5 Å². The second kappa shape index (κ2) is 8.20. The number of aromatic nitrogens is 1. The van der Waals surface area contributed by atoms with Crippen molar-refractivity contribution in [2.45, 2.75) is 12.8 Å². The molecule has 5 heteroatoms. The number of amides is 1. The monoisotopic (exact) mass is 300 g/mol. The summed E-state index contributed by atoms with van der Waals surface area (Å²) in [5.41, 5.74) is 4.13. The van der Waals surface area contributed by atoms with E-state index in [2.05, 4.69) is 22.1 Å². The van der Waals surface area contributed by atoms with Gasteiger partial charge in [-0.05, 0) is 18.2 Å². The van der Waals surface area contributed by atoms with Crippen LogP contribution in [0.3, 0.4) is 0 Å². The summed E-state index contributed by atoms with van der Waals surface area (Å²) in [6.45, 7) is 0.604. The molecule has 1 heterocycles. The minimum Gasteiger partial charge on any atom is -0.395 e. The predicted molar refractivity (Wildman–Crippen MR) is 83.2 cm³/mol. The van der Waals surface area contributed by atoms with Gasteiger partial charge in [-0.2, -0.15) is 0 Å². The van der Waals surface area contributed by atoms with Crippen molar-refractivity contribution in [1.29, 1.82) is 0 Å². The van der Waals surface area contributed by atoms with Crippen LogP contribution < -0.4 is 5.32 Å². The van der Waals surface area contributed by atoms with E-state index in [9.17, 15) is 4.79 Å². The number of hydrogen-bond donors (Lipinski definition) is 2. The summed E-state index contributed by atoms with van der Waals surface area (Å²) < 4.78 is 0. The van der Waals surface area contributed by atoms with Crippen molar-refractivity contribution < 1.29 is 9.90 Å². The van der Waals surface area contributed by atoms with E-state index in [1.54, 1.807) is 35.0 Å². The Bertz CT molecular complexity index is 642. The van der Waals surface area contributed by atoms with Gasteiger partial charge in [-0.25, -0.2) is 4.98 Å². The topological polar surface area (TPSA) is 62.2 Å². The fraction of sp³-hybridized carbons (Fsp3) is 0.250. The van der Waals surface area contributed by atoms with Crippen LogP contribution in [0, 0.1) is 11.8 Å². The van der Waals surface area contributed by atoms with Crippen molar-refractivity contribution in [2.24, 2.45) is 0 Å². The molecule has 0 spiro atoms. The molecule has 0 radical (unpaired) electrons. The largest absolute Gasteiger partial charge is 0.395 e. The van der Waals surface area contributed by atoms with Gasteiger partial charge >= 0.3 is 0 Å². The summed E-state index contributed by atoms with van der Waals surface area (Å²) in [6.07, 6.45) is 1.16. The van der Waals surface area contributed by atoms with E-state index in [4.69, 9.17) is 5.11 Å². The van der Waals surface area contributed by atoms with Gasteiger partial charge in [-0.15, -0.1) is 11.3 Å². The number of aliphatic hydroxyl groups excluding tert-OH is 1. The molecule has 0 aliphatic carbocycles. The van der Waals surface area contributed by atoms with E-state index < -0.39 is 0 Å². The first-order valence-electron chi connectivity index (χ1n) is 6.64. The molecule has 1 aromatic carbocycles. The summed E-state index contributed by atoms with van der Waals surface area (Å²) in [4.78, 5) is 16.2. The first-order valence-corrected chi connectivity index (χ1v) is 7.59. The lowest BCUT2D eigenvalue weighted by molar-refractivity contribution is 0.0954. The number of carbonyl (C=O) groups excluding carboxylic acids is 1. The highest BCUT2D eigenvalue weighted by Crippen LogP contribution is 2.05. The summed E-state index contributed by atoms with van der Waals surface area (Å²) >= 11 is 1.55. The number of carbonyl (C=O) groups is 1. The Balaban J connectivity index is 1.90. The number of nitrogens with zero attached hydrogens (tertiary/aromatic N) is 1. The highest BCUT2D eigenvalue weighted by molar-refractivity contribution is 7.07. The Labute approximate surface area is 127 Å². The van der Waals surface area contributed by atoms with Gasteiger partial charge in [0.05, 0.1) is 17.8 Å². The average molecular weight is 300 g/mol. The molecule has 21 heavy (non-hydrogen) atoms. The number of nitrogens with one attached hydrogen (secondary N) is 1. The highest BCUT2D eigenvalue weighted by atomic mass is 32.1. The molecule has 0 saturated carbocycles. The molecule has 4 nitrogen and oxygen atoms in total. The maximum Gasteiger partial charge on any atom is 0.251 e. The predicted octanol–water partition coefficient (Wildman–Crippen LogP) is 1.85. The molecule has 2 rings (SSSR count). The van der Waals surface area contributed by atoms with E-state index in [1.807, 2.05) is 11.4 Å². The third-order valence-electron chi connectivity index (χ3n) is 2.74. The lowest BCUT2D eigenvalue weighted by atomic mass is 10.1. The number of rotatable bonds is 5. The highest BCUT2D eigenvalue weighted by Gasteiger charge is 2.05. The molecule has 108 valence electrons. The van der Waals surface area contributed by atoms with E-state index in [-0.39, 0.29) is 12.5 Å². The van der Waals surface area contributed by atoms with Crippen LogP contribution in [0.25, 0.3) is 0 Å². The third kappa shape index (κ3) is 5.03. The average Bonchev–Trinajstić information content (AvgIpc) is 3.01. The van der Waals surface area contributed by atoms with Gasteiger partial charge in [0, 0.05) is 35.9 Å². The van der Waals surface area contributed by atoms with Crippen LogP contribution in [0.4, 0.5) is 0 Å². The fourth-order valence-electron chi connectivity index (χ4n) is 1.73. The quantitative estimate of drug-likeness (QED) is 0.828. The number of aliphatic hydroxyl groups is 1. The van der Waals surface area contributed by atoms with Gasteiger partial charge in [0.2, 0.25) is 0 Å². The Morgan fingerprint density at radius 3 is 3.10 bits per heavy atom. The fourth-order valence-corrected chi connectivity index (χ4v) is 2.32. The van der Waals surface area contributed by atoms with Crippen LogP contribution in [0.1, 0.15) is 28.0 Å². The Kier molecular flexibility index (Phi) is 5.95. The Morgan fingerprint density at radius 2 is 2.33 bits per heavy atom. The summed E-state index contributed by atoms with van der Waals surface area (Å²) in [5.74, 6) is 5.65. The SMILES string of the molecule is O=C(NCCc1cscn1)c1cccc(C#CCCO)c1. The van der Waals surface area contributed by atoms with Gasteiger partial charge in [-0.3, -0.25) is 4.79 Å². The Morgan fingerprint density at radius 1 is 1.43 bits per heavy atom.